The van der Waals surface area contributed by atoms with Crippen molar-refractivity contribution < 1.29 is 4.74 Å². The van der Waals surface area contributed by atoms with Gasteiger partial charge in [0.05, 0.1) is 0 Å². The predicted octanol–water partition coefficient (Wildman–Crippen LogP) is 7.67. The molecule has 1 aliphatic rings. The lowest BCUT2D eigenvalue weighted by Crippen LogP contribution is -1.95. The first-order chi connectivity index (χ1) is 11.4. The van der Waals surface area contributed by atoms with Crippen molar-refractivity contribution in [3.63, 3.8) is 0 Å². The van der Waals surface area contributed by atoms with Gasteiger partial charge in [-0.25, -0.2) is 0 Å². The second kappa shape index (κ2) is 16.8. The lowest BCUT2D eigenvalue weighted by Gasteiger charge is -2.04. The maximum atomic E-state index is 5.51. The van der Waals surface area contributed by atoms with Crippen molar-refractivity contribution in [1.82, 2.24) is 0 Å². The van der Waals surface area contributed by atoms with Crippen LogP contribution in [0.15, 0.2) is 0 Å². The summed E-state index contributed by atoms with van der Waals surface area (Å²) in [6.07, 6.45) is 26.1. The Bertz CT molecular complexity index is 222. The molecule has 1 fully saturated rings. The Labute approximate surface area is 147 Å². The first-order valence-electron chi connectivity index (χ1n) is 11.0. The van der Waals surface area contributed by atoms with Crippen LogP contribution >= 0.6 is 0 Å². The van der Waals surface area contributed by atoms with Crippen molar-refractivity contribution in [3.8, 4) is 0 Å². The molecule has 0 heterocycles. The van der Waals surface area contributed by atoms with Gasteiger partial charge in [-0.2, -0.15) is 0 Å². The minimum absolute atomic E-state index is 0.945. The molecule has 0 N–H and O–H groups in total. The maximum absolute atomic E-state index is 5.51. The van der Waals surface area contributed by atoms with E-state index >= 15 is 0 Å². The zero-order chi connectivity index (χ0) is 16.4. The zero-order valence-electron chi connectivity index (χ0n) is 16.1. The highest BCUT2D eigenvalue weighted by Gasteiger charge is 2.19. The average Bonchev–Trinajstić information content (AvgIpc) is 3.38. The molecule has 0 aromatic carbocycles. The summed E-state index contributed by atoms with van der Waals surface area (Å²) in [5, 5.41) is 0. The minimum atomic E-state index is 0.945. The fraction of sp³-hybridized carbons (Fsp3) is 1.00. The molecule has 0 unspecified atom stereocenters. The molecule has 0 radical (unpaired) electrons. The van der Waals surface area contributed by atoms with Crippen LogP contribution in [0.4, 0.5) is 0 Å². The third kappa shape index (κ3) is 16.6. The number of hydrogen-bond donors (Lipinski definition) is 0. The molecule has 0 atom stereocenters. The second-order valence-electron chi connectivity index (χ2n) is 7.79. The van der Waals surface area contributed by atoms with E-state index in [0.29, 0.717) is 0 Å². The molecule has 23 heavy (non-hydrogen) atoms. The second-order valence-corrected chi connectivity index (χ2v) is 7.79. The Morgan fingerprint density at radius 2 is 1.00 bits per heavy atom. The van der Waals surface area contributed by atoms with Crippen molar-refractivity contribution >= 4 is 0 Å². The van der Waals surface area contributed by atoms with Crippen LogP contribution in [-0.2, 0) is 4.74 Å². The van der Waals surface area contributed by atoms with Crippen LogP contribution in [0.2, 0.25) is 0 Å². The largest absolute Gasteiger partial charge is 0.381 e. The van der Waals surface area contributed by atoms with E-state index in [1.807, 2.05) is 0 Å². The topological polar surface area (TPSA) is 9.23 Å². The van der Waals surface area contributed by atoms with Gasteiger partial charge in [0, 0.05) is 13.2 Å². The SMILES string of the molecule is CCCOCCCCCCCCCCCCCCCCC1CC1. The fourth-order valence-corrected chi connectivity index (χ4v) is 3.41. The predicted molar refractivity (Wildman–Crippen MR) is 103 cm³/mol. The summed E-state index contributed by atoms with van der Waals surface area (Å²) in [4.78, 5) is 0. The number of ether oxygens (including phenoxy) is 1. The Balaban J connectivity index is 1.59. The average molecular weight is 325 g/mol. The summed E-state index contributed by atoms with van der Waals surface area (Å²) in [6, 6.07) is 0. The molecule has 0 bridgehead atoms. The van der Waals surface area contributed by atoms with Crippen LogP contribution in [0.3, 0.4) is 0 Å². The van der Waals surface area contributed by atoms with Crippen molar-refractivity contribution in [2.75, 3.05) is 13.2 Å². The first kappa shape index (κ1) is 21.0. The molecule has 1 nitrogen and oxygen atoms in total. The molecule has 0 spiro atoms. The lowest BCUT2D eigenvalue weighted by atomic mass is 10.0. The molecule has 138 valence electrons. The highest BCUT2D eigenvalue weighted by Crippen LogP contribution is 2.34. The van der Waals surface area contributed by atoms with E-state index in [1.165, 1.54) is 109 Å². The molecule has 1 saturated carbocycles. The Hall–Kier alpha value is -0.0400. The number of hydrogen-bond acceptors (Lipinski definition) is 1. The van der Waals surface area contributed by atoms with Gasteiger partial charge in [-0.1, -0.05) is 110 Å². The smallest absolute Gasteiger partial charge is 0.0466 e. The van der Waals surface area contributed by atoms with E-state index in [0.717, 1.165) is 25.6 Å². The van der Waals surface area contributed by atoms with Crippen molar-refractivity contribution in [3.05, 3.63) is 0 Å². The highest BCUT2D eigenvalue weighted by atomic mass is 16.5. The summed E-state index contributed by atoms with van der Waals surface area (Å²) < 4.78 is 5.51. The highest BCUT2D eigenvalue weighted by molar-refractivity contribution is 4.72. The zero-order valence-corrected chi connectivity index (χ0v) is 16.1. The van der Waals surface area contributed by atoms with Gasteiger partial charge in [-0.3, -0.25) is 0 Å². The molecule has 0 aromatic heterocycles. The fourth-order valence-electron chi connectivity index (χ4n) is 3.41. The summed E-state index contributed by atoms with van der Waals surface area (Å²) >= 11 is 0. The van der Waals surface area contributed by atoms with Crippen LogP contribution in [-0.4, -0.2) is 13.2 Å². The Kier molecular flexibility index (Phi) is 15.3. The van der Waals surface area contributed by atoms with Crippen LogP contribution in [0.25, 0.3) is 0 Å². The van der Waals surface area contributed by atoms with Crippen LogP contribution in [0, 0.1) is 5.92 Å². The molecule has 0 aliphatic heterocycles. The molecule has 0 amide bonds. The third-order valence-corrected chi connectivity index (χ3v) is 5.20. The van der Waals surface area contributed by atoms with E-state index in [9.17, 15) is 0 Å². The minimum Gasteiger partial charge on any atom is -0.381 e. The first-order valence-corrected chi connectivity index (χ1v) is 11.0. The van der Waals surface area contributed by atoms with Crippen molar-refractivity contribution in [2.45, 2.75) is 122 Å². The van der Waals surface area contributed by atoms with Crippen LogP contribution in [0.1, 0.15) is 122 Å². The molecule has 1 heteroatoms. The summed E-state index contributed by atoms with van der Waals surface area (Å²) in [7, 11) is 0. The van der Waals surface area contributed by atoms with Gasteiger partial charge in [0.15, 0.2) is 0 Å². The van der Waals surface area contributed by atoms with Gasteiger partial charge in [-0.15, -0.1) is 0 Å². The quantitative estimate of drug-likeness (QED) is 0.221. The molecule has 0 aromatic rings. The standard InChI is InChI=1S/C22H44O/c1-2-20-23-21-16-14-12-10-8-6-4-3-5-7-9-11-13-15-17-22-18-19-22/h22H,2-21H2,1H3. The summed E-state index contributed by atoms with van der Waals surface area (Å²) in [6.45, 7) is 4.10. The molecule has 1 rings (SSSR count). The molecular weight excluding hydrogens is 280 g/mol. The van der Waals surface area contributed by atoms with E-state index in [2.05, 4.69) is 6.92 Å². The Morgan fingerprint density at radius 3 is 1.43 bits per heavy atom. The van der Waals surface area contributed by atoms with Crippen molar-refractivity contribution in [1.29, 1.82) is 0 Å². The maximum Gasteiger partial charge on any atom is 0.0466 e. The Morgan fingerprint density at radius 1 is 0.565 bits per heavy atom. The van der Waals surface area contributed by atoms with E-state index < -0.39 is 0 Å². The lowest BCUT2D eigenvalue weighted by molar-refractivity contribution is 0.130. The summed E-state index contributed by atoms with van der Waals surface area (Å²) in [5.41, 5.74) is 0. The van der Waals surface area contributed by atoms with E-state index in [-0.39, 0.29) is 0 Å². The summed E-state index contributed by atoms with van der Waals surface area (Å²) in [5.74, 6) is 1.14. The van der Waals surface area contributed by atoms with Gasteiger partial charge < -0.3 is 4.74 Å². The van der Waals surface area contributed by atoms with Gasteiger partial charge in [-0.05, 0) is 18.8 Å². The van der Waals surface area contributed by atoms with Gasteiger partial charge >= 0.3 is 0 Å². The number of rotatable bonds is 19. The number of unbranched alkanes of at least 4 members (excludes halogenated alkanes) is 13. The van der Waals surface area contributed by atoms with Crippen LogP contribution in [0.5, 0.6) is 0 Å². The normalized spacial score (nSPS) is 14.5. The van der Waals surface area contributed by atoms with Gasteiger partial charge in [0.1, 0.15) is 0 Å². The van der Waals surface area contributed by atoms with Gasteiger partial charge in [0.25, 0.3) is 0 Å². The van der Waals surface area contributed by atoms with Crippen molar-refractivity contribution in [2.24, 2.45) is 5.92 Å². The van der Waals surface area contributed by atoms with Crippen LogP contribution < -0.4 is 0 Å². The molecule has 0 saturated heterocycles. The van der Waals surface area contributed by atoms with E-state index in [1.54, 1.807) is 0 Å². The third-order valence-electron chi connectivity index (χ3n) is 5.20. The van der Waals surface area contributed by atoms with E-state index in [4.69, 9.17) is 4.74 Å². The van der Waals surface area contributed by atoms with Gasteiger partial charge in [0.2, 0.25) is 0 Å². The molecule has 1 aliphatic carbocycles. The molecular formula is C22H44O. The monoisotopic (exact) mass is 324 g/mol.